The molecule has 0 aliphatic rings. The second-order valence-electron chi connectivity index (χ2n) is 1.59. The Morgan fingerprint density at radius 2 is 2.44 bits per heavy atom. The summed E-state index contributed by atoms with van der Waals surface area (Å²) in [5, 5.41) is 8.73. The molecule has 0 rings (SSSR count). The van der Waals surface area contributed by atoms with Crippen molar-refractivity contribution in [2.45, 2.75) is 12.5 Å². The number of rotatable bonds is 3. The van der Waals surface area contributed by atoms with Crippen LogP contribution in [0.3, 0.4) is 0 Å². The van der Waals surface area contributed by atoms with E-state index in [-0.39, 0.29) is 12.3 Å². The van der Waals surface area contributed by atoms with Crippen molar-refractivity contribution in [3.05, 3.63) is 0 Å². The lowest BCUT2D eigenvalue weighted by Gasteiger charge is -2.02. The Morgan fingerprint density at radius 3 is 2.78 bits per heavy atom. The van der Waals surface area contributed by atoms with E-state index >= 15 is 0 Å². The van der Waals surface area contributed by atoms with Crippen LogP contribution in [0.4, 0.5) is 0 Å². The van der Waals surface area contributed by atoms with Gasteiger partial charge in [-0.3, -0.25) is 4.79 Å². The number of carbonyl (C=O) groups is 1. The van der Waals surface area contributed by atoms with Gasteiger partial charge in [0, 0.05) is 5.88 Å². The summed E-state index contributed by atoms with van der Waals surface area (Å²) in [5.74, 6) is -0.377. The molecule has 0 aliphatic carbocycles. The lowest BCUT2D eigenvalue weighted by molar-refractivity contribution is -0.142. The number of halogens is 1. The first-order valence-electron chi connectivity index (χ1n) is 2.51. The van der Waals surface area contributed by atoms with Crippen molar-refractivity contribution >= 4 is 17.6 Å². The average molecular weight is 153 g/mol. The van der Waals surface area contributed by atoms with Crippen molar-refractivity contribution in [1.82, 2.24) is 0 Å². The molecule has 0 aromatic rings. The van der Waals surface area contributed by atoms with Gasteiger partial charge in [0.1, 0.15) is 0 Å². The number of hydrogen-bond donors (Lipinski definition) is 1. The van der Waals surface area contributed by atoms with Gasteiger partial charge in [-0.1, -0.05) is 0 Å². The Labute approximate surface area is 58.6 Å². The highest BCUT2D eigenvalue weighted by molar-refractivity contribution is 6.18. The van der Waals surface area contributed by atoms with Crippen molar-refractivity contribution in [1.29, 1.82) is 0 Å². The van der Waals surface area contributed by atoms with Crippen LogP contribution in [0.15, 0.2) is 0 Å². The van der Waals surface area contributed by atoms with E-state index in [1.165, 1.54) is 7.11 Å². The minimum Gasteiger partial charge on any atom is -0.469 e. The number of esters is 1. The molecule has 54 valence electrons. The van der Waals surface area contributed by atoms with E-state index in [1.54, 1.807) is 0 Å². The number of aliphatic hydroxyl groups excluding tert-OH is 1. The van der Waals surface area contributed by atoms with Crippen LogP contribution in [-0.4, -0.2) is 30.2 Å². The van der Waals surface area contributed by atoms with Crippen LogP contribution in [0, 0.1) is 0 Å². The molecule has 1 atom stereocenters. The quantitative estimate of drug-likeness (QED) is 0.463. The third-order valence-electron chi connectivity index (χ3n) is 0.808. The second-order valence-corrected chi connectivity index (χ2v) is 1.90. The zero-order chi connectivity index (χ0) is 7.28. The van der Waals surface area contributed by atoms with Gasteiger partial charge in [-0.15, -0.1) is 11.6 Å². The normalized spacial score (nSPS) is 12.8. The smallest absolute Gasteiger partial charge is 0.308 e. The van der Waals surface area contributed by atoms with E-state index in [4.69, 9.17) is 16.7 Å². The fourth-order valence-electron chi connectivity index (χ4n) is 0.330. The highest BCUT2D eigenvalue weighted by atomic mass is 35.5. The number of carbonyl (C=O) groups excluding carboxylic acids is 1. The maximum atomic E-state index is 10.3. The molecule has 0 aromatic heterocycles. The molecule has 9 heavy (non-hydrogen) atoms. The third-order valence-corrected chi connectivity index (χ3v) is 1.16. The van der Waals surface area contributed by atoms with Gasteiger partial charge in [-0.25, -0.2) is 0 Å². The molecule has 0 heterocycles. The summed E-state index contributed by atoms with van der Waals surface area (Å²) in [4.78, 5) is 10.3. The Balaban J connectivity index is 3.34. The van der Waals surface area contributed by atoms with Crippen LogP contribution in [0.1, 0.15) is 6.42 Å². The summed E-state index contributed by atoms with van der Waals surface area (Å²) in [6.07, 6.45) is -0.806. The predicted octanol–water partition coefficient (Wildman–Crippen LogP) is 0.149. The van der Waals surface area contributed by atoms with Crippen LogP contribution in [0.25, 0.3) is 0 Å². The maximum absolute atomic E-state index is 10.3. The van der Waals surface area contributed by atoms with Gasteiger partial charge in [0.05, 0.1) is 19.6 Å². The molecule has 0 saturated heterocycles. The fraction of sp³-hybridized carbons (Fsp3) is 0.800. The summed E-state index contributed by atoms with van der Waals surface area (Å²) >= 11 is 5.20. The van der Waals surface area contributed by atoms with Gasteiger partial charge < -0.3 is 9.84 Å². The summed E-state index contributed by atoms with van der Waals surface area (Å²) < 4.78 is 4.27. The molecule has 0 fully saturated rings. The molecule has 0 bridgehead atoms. The molecule has 0 saturated carbocycles. The number of alkyl halides is 1. The minimum atomic E-state index is -0.779. The van der Waals surface area contributed by atoms with Gasteiger partial charge in [0.25, 0.3) is 0 Å². The monoisotopic (exact) mass is 152 g/mol. The zero-order valence-electron chi connectivity index (χ0n) is 5.13. The third kappa shape index (κ3) is 4.24. The molecule has 0 amide bonds. The average Bonchev–Trinajstić information content (AvgIpc) is 1.87. The zero-order valence-corrected chi connectivity index (χ0v) is 5.89. The first kappa shape index (κ1) is 8.72. The molecule has 0 aliphatic heterocycles. The minimum absolute atomic E-state index is 0.0278. The fourth-order valence-corrected chi connectivity index (χ4v) is 0.439. The van der Waals surface area contributed by atoms with Crippen LogP contribution >= 0.6 is 11.6 Å². The van der Waals surface area contributed by atoms with Crippen LogP contribution in [0.5, 0.6) is 0 Å². The summed E-state index contributed by atoms with van der Waals surface area (Å²) in [7, 11) is 1.27. The molecule has 4 heteroatoms. The molecule has 3 nitrogen and oxygen atoms in total. The standard InChI is InChI=1S/C5H9ClO3/c1-9-5(8)2-4(7)3-6/h4,7H,2-3H2,1H3/t4-/m1/s1. The van der Waals surface area contributed by atoms with Crippen molar-refractivity contribution in [2.75, 3.05) is 13.0 Å². The van der Waals surface area contributed by atoms with E-state index < -0.39 is 12.1 Å². The van der Waals surface area contributed by atoms with E-state index in [9.17, 15) is 4.79 Å². The molecule has 1 N–H and O–H groups in total. The van der Waals surface area contributed by atoms with Gasteiger partial charge in [-0.05, 0) is 0 Å². The highest BCUT2D eigenvalue weighted by Crippen LogP contribution is 1.95. The number of hydrogen-bond acceptors (Lipinski definition) is 3. The first-order chi connectivity index (χ1) is 4.20. The van der Waals surface area contributed by atoms with Crippen molar-refractivity contribution in [3.8, 4) is 0 Å². The predicted molar refractivity (Wildman–Crippen MR) is 33.4 cm³/mol. The SMILES string of the molecule is COC(=O)C[C@@H](O)CCl. The summed E-state index contributed by atoms with van der Waals surface area (Å²) in [6.45, 7) is 0. The molecular weight excluding hydrogens is 144 g/mol. The maximum Gasteiger partial charge on any atom is 0.308 e. The number of ether oxygens (including phenoxy) is 1. The van der Waals surface area contributed by atoms with Crippen molar-refractivity contribution in [3.63, 3.8) is 0 Å². The van der Waals surface area contributed by atoms with E-state index in [2.05, 4.69) is 4.74 Å². The lowest BCUT2D eigenvalue weighted by Crippen LogP contribution is -2.15. The molecule has 0 radical (unpaired) electrons. The second kappa shape index (κ2) is 4.58. The molecule has 0 unspecified atom stereocenters. The van der Waals surface area contributed by atoms with Gasteiger partial charge >= 0.3 is 5.97 Å². The number of aliphatic hydroxyl groups is 1. The summed E-state index contributed by atoms with van der Waals surface area (Å²) in [6, 6.07) is 0. The largest absolute Gasteiger partial charge is 0.469 e. The molecular formula is C5H9ClO3. The van der Waals surface area contributed by atoms with E-state index in [0.29, 0.717) is 0 Å². The van der Waals surface area contributed by atoms with Crippen LogP contribution < -0.4 is 0 Å². The van der Waals surface area contributed by atoms with E-state index in [1.807, 2.05) is 0 Å². The van der Waals surface area contributed by atoms with Crippen LogP contribution in [-0.2, 0) is 9.53 Å². The topological polar surface area (TPSA) is 46.5 Å². The lowest BCUT2D eigenvalue weighted by atomic mass is 10.3. The van der Waals surface area contributed by atoms with Gasteiger partial charge in [0.2, 0.25) is 0 Å². The Morgan fingerprint density at radius 1 is 1.89 bits per heavy atom. The first-order valence-corrected chi connectivity index (χ1v) is 3.05. The van der Waals surface area contributed by atoms with E-state index in [0.717, 1.165) is 0 Å². The number of methoxy groups -OCH3 is 1. The Hall–Kier alpha value is -0.280. The summed E-state index contributed by atoms with van der Waals surface area (Å²) in [5.41, 5.74) is 0. The van der Waals surface area contributed by atoms with Gasteiger partial charge in [0.15, 0.2) is 0 Å². The molecule has 0 spiro atoms. The Bertz CT molecular complexity index is 94.2. The van der Waals surface area contributed by atoms with Crippen molar-refractivity contribution < 1.29 is 14.6 Å². The van der Waals surface area contributed by atoms with Crippen LogP contribution in [0.2, 0.25) is 0 Å². The van der Waals surface area contributed by atoms with Crippen molar-refractivity contribution in [2.24, 2.45) is 0 Å². The molecule has 0 aromatic carbocycles. The van der Waals surface area contributed by atoms with Gasteiger partial charge in [-0.2, -0.15) is 0 Å². The Kier molecular flexibility index (Phi) is 4.44. The highest BCUT2D eigenvalue weighted by Gasteiger charge is 2.08.